The smallest absolute Gasteiger partial charge is 0.221 e. The van der Waals surface area contributed by atoms with Crippen LogP contribution in [0.4, 0.5) is 0 Å². The SMILES string of the molecule is COc1ccc([C@@H](NC(=O)CCC(=O)[O-])c2ccccc2)cc1. The van der Waals surface area contributed by atoms with Crippen LogP contribution in [0, 0.1) is 0 Å². The number of aliphatic carboxylic acids is 1. The van der Waals surface area contributed by atoms with Crippen LogP contribution in [0.25, 0.3) is 0 Å². The third-order valence-corrected chi connectivity index (χ3v) is 3.44. The number of amides is 1. The molecule has 0 saturated heterocycles. The second-order valence-electron chi connectivity index (χ2n) is 5.06. The summed E-state index contributed by atoms with van der Waals surface area (Å²) in [5.74, 6) is -0.844. The highest BCUT2D eigenvalue weighted by atomic mass is 16.5. The first-order valence-corrected chi connectivity index (χ1v) is 7.28. The van der Waals surface area contributed by atoms with Crippen molar-refractivity contribution in [2.24, 2.45) is 0 Å². The maximum Gasteiger partial charge on any atom is 0.221 e. The number of benzene rings is 2. The zero-order valence-electron chi connectivity index (χ0n) is 12.8. The van der Waals surface area contributed by atoms with Crippen LogP contribution in [0.1, 0.15) is 30.0 Å². The predicted molar refractivity (Wildman–Crippen MR) is 83.7 cm³/mol. The summed E-state index contributed by atoms with van der Waals surface area (Å²) in [4.78, 5) is 22.5. The van der Waals surface area contributed by atoms with E-state index in [4.69, 9.17) is 4.74 Å². The van der Waals surface area contributed by atoms with E-state index in [2.05, 4.69) is 5.32 Å². The fourth-order valence-corrected chi connectivity index (χ4v) is 2.25. The molecule has 120 valence electrons. The van der Waals surface area contributed by atoms with Crippen LogP contribution < -0.4 is 15.2 Å². The Morgan fingerprint density at radius 1 is 1.00 bits per heavy atom. The summed E-state index contributed by atoms with van der Waals surface area (Å²) < 4.78 is 5.14. The van der Waals surface area contributed by atoms with Gasteiger partial charge in [-0.05, 0) is 29.7 Å². The maximum atomic E-state index is 12.0. The number of rotatable bonds is 7. The normalized spacial score (nSPS) is 11.5. The number of carbonyl (C=O) groups excluding carboxylic acids is 2. The maximum absolute atomic E-state index is 12.0. The highest BCUT2D eigenvalue weighted by Crippen LogP contribution is 2.24. The third-order valence-electron chi connectivity index (χ3n) is 3.44. The zero-order valence-corrected chi connectivity index (χ0v) is 12.8. The molecule has 2 rings (SSSR count). The van der Waals surface area contributed by atoms with Crippen molar-refractivity contribution in [2.45, 2.75) is 18.9 Å². The molecule has 0 saturated carbocycles. The van der Waals surface area contributed by atoms with Gasteiger partial charge < -0.3 is 20.0 Å². The van der Waals surface area contributed by atoms with E-state index < -0.39 is 5.97 Å². The molecule has 0 heterocycles. The van der Waals surface area contributed by atoms with Crippen LogP contribution in [-0.4, -0.2) is 19.0 Å². The summed E-state index contributed by atoms with van der Waals surface area (Å²) in [6.07, 6.45) is -0.405. The Bertz CT molecular complexity index is 652. The molecule has 0 unspecified atom stereocenters. The summed E-state index contributed by atoms with van der Waals surface area (Å²) in [6.45, 7) is 0. The van der Waals surface area contributed by atoms with E-state index in [1.54, 1.807) is 7.11 Å². The van der Waals surface area contributed by atoms with Gasteiger partial charge in [0.2, 0.25) is 5.91 Å². The van der Waals surface area contributed by atoms with Gasteiger partial charge in [0.15, 0.2) is 0 Å². The number of methoxy groups -OCH3 is 1. The van der Waals surface area contributed by atoms with Gasteiger partial charge in [-0.3, -0.25) is 4.79 Å². The van der Waals surface area contributed by atoms with Crippen molar-refractivity contribution in [2.75, 3.05) is 7.11 Å². The average molecular weight is 312 g/mol. The lowest BCUT2D eigenvalue weighted by atomic mass is 9.98. The minimum Gasteiger partial charge on any atom is -0.550 e. The van der Waals surface area contributed by atoms with E-state index in [-0.39, 0.29) is 24.8 Å². The molecule has 2 aromatic carbocycles. The van der Waals surface area contributed by atoms with Crippen molar-refractivity contribution < 1.29 is 19.4 Å². The average Bonchev–Trinajstić information content (AvgIpc) is 2.59. The topological polar surface area (TPSA) is 78.5 Å². The van der Waals surface area contributed by atoms with Gasteiger partial charge in [0, 0.05) is 12.4 Å². The second kappa shape index (κ2) is 7.98. The molecule has 0 aliphatic heterocycles. The van der Waals surface area contributed by atoms with E-state index in [1.165, 1.54) is 0 Å². The quantitative estimate of drug-likeness (QED) is 0.839. The Balaban J connectivity index is 2.21. The summed E-state index contributed by atoms with van der Waals surface area (Å²) in [5, 5.41) is 13.4. The van der Waals surface area contributed by atoms with Crippen LogP contribution in [0.3, 0.4) is 0 Å². The van der Waals surface area contributed by atoms with Gasteiger partial charge in [-0.25, -0.2) is 0 Å². The fourth-order valence-electron chi connectivity index (χ4n) is 2.25. The van der Waals surface area contributed by atoms with Crippen molar-refractivity contribution in [3.63, 3.8) is 0 Å². The number of carboxylic acids is 1. The lowest BCUT2D eigenvalue weighted by Gasteiger charge is -2.20. The van der Waals surface area contributed by atoms with Gasteiger partial charge in [0.1, 0.15) is 5.75 Å². The lowest BCUT2D eigenvalue weighted by Crippen LogP contribution is -2.31. The van der Waals surface area contributed by atoms with E-state index in [1.807, 2.05) is 54.6 Å². The van der Waals surface area contributed by atoms with Crippen molar-refractivity contribution in [1.29, 1.82) is 0 Å². The Hall–Kier alpha value is -2.82. The zero-order chi connectivity index (χ0) is 16.7. The number of ether oxygens (including phenoxy) is 1. The molecule has 1 atom stereocenters. The van der Waals surface area contributed by atoms with Crippen LogP contribution >= 0.6 is 0 Å². The summed E-state index contributed by atoms with van der Waals surface area (Å²) in [5.41, 5.74) is 1.80. The van der Waals surface area contributed by atoms with Crippen molar-refractivity contribution in [3.05, 3.63) is 65.7 Å². The second-order valence-corrected chi connectivity index (χ2v) is 5.06. The van der Waals surface area contributed by atoms with Crippen LogP contribution in [0.15, 0.2) is 54.6 Å². The molecule has 5 heteroatoms. The first-order chi connectivity index (χ1) is 11.1. The van der Waals surface area contributed by atoms with E-state index in [0.717, 1.165) is 16.9 Å². The molecule has 0 spiro atoms. The Morgan fingerprint density at radius 2 is 1.61 bits per heavy atom. The Morgan fingerprint density at radius 3 is 2.17 bits per heavy atom. The van der Waals surface area contributed by atoms with E-state index in [0.29, 0.717) is 0 Å². The molecule has 23 heavy (non-hydrogen) atoms. The molecule has 0 radical (unpaired) electrons. The van der Waals surface area contributed by atoms with Gasteiger partial charge in [0.05, 0.1) is 13.2 Å². The number of carbonyl (C=O) groups is 2. The minimum absolute atomic E-state index is 0.109. The minimum atomic E-state index is -1.24. The van der Waals surface area contributed by atoms with Crippen molar-refractivity contribution in [3.8, 4) is 5.75 Å². The van der Waals surface area contributed by atoms with Crippen LogP contribution in [0.5, 0.6) is 5.75 Å². The lowest BCUT2D eigenvalue weighted by molar-refractivity contribution is -0.305. The van der Waals surface area contributed by atoms with Gasteiger partial charge in [-0.2, -0.15) is 0 Å². The largest absolute Gasteiger partial charge is 0.550 e. The van der Waals surface area contributed by atoms with Gasteiger partial charge in [-0.15, -0.1) is 0 Å². The highest BCUT2D eigenvalue weighted by molar-refractivity contribution is 5.80. The standard InChI is InChI=1S/C18H19NO4/c1-23-15-9-7-14(8-10-15)18(13-5-3-2-4-6-13)19-16(20)11-12-17(21)22/h2-10,18H,11-12H2,1H3,(H,19,20)(H,21,22)/p-1/t18-/m0/s1. The van der Waals surface area contributed by atoms with Crippen molar-refractivity contribution >= 4 is 11.9 Å². The first kappa shape index (κ1) is 16.5. The third kappa shape index (κ3) is 4.85. The molecule has 5 nitrogen and oxygen atoms in total. The molecule has 0 bridgehead atoms. The first-order valence-electron chi connectivity index (χ1n) is 7.28. The van der Waals surface area contributed by atoms with Crippen molar-refractivity contribution in [1.82, 2.24) is 5.32 Å². The molecule has 2 aromatic rings. The summed E-state index contributed by atoms with van der Waals surface area (Å²) >= 11 is 0. The molecule has 1 amide bonds. The number of hydrogen-bond donors (Lipinski definition) is 1. The number of nitrogens with one attached hydrogen (secondary N) is 1. The van der Waals surface area contributed by atoms with E-state index >= 15 is 0 Å². The molecular weight excluding hydrogens is 294 g/mol. The Kier molecular flexibility index (Phi) is 5.74. The molecular formula is C18H18NO4-. The highest BCUT2D eigenvalue weighted by Gasteiger charge is 2.16. The van der Waals surface area contributed by atoms with Crippen LogP contribution in [-0.2, 0) is 9.59 Å². The van der Waals surface area contributed by atoms with Gasteiger partial charge >= 0.3 is 0 Å². The summed E-state index contributed by atoms with van der Waals surface area (Å²) in [6, 6.07) is 16.5. The predicted octanol–water partition coefficient (Wildman–Crippen LogP) is 1.43. The molecule has 0 aliphatic carbocycles. The molecule has 0 aromatic heterocycles. The van der Waals surface area contributed by atoms with Crippen LogP contribution in [0.2, 0.25) is 0 Å². The summed E-state index contributed by atoms with van der Waals surface area (Å²) in [7, 11) is 1.59. The van der Waals surface area contributed by atoms with E-state index in [9.17, 15) is 14.7 Å². The number of carboxylic acid groups (broad SMARTS) is 1. The molecule has 0 fully saturated rings. The Labute approximate surface area is 134 Å². The molecule has 1 N–H and O–H groups in total. The monoisotopic (exact) mass is 312 g/mol. The van der Waals surface area contributed by atoms with Gasteiger partial charge in [0.25, 0.3) is 0 Å². The fraction of sp³-hybridized carbons (Fsp3) is 0.222. The van der Waals surface area contributed by atoms with Gasteiger partial charge in [-0.1, -0.05) is 42.5 Å². The number of hydrogen-bond acceptors (Lipinski definition) is 4. The molecule has 0 aliphatic rings.